The van der Waals surface area contributed by atoms with Crippen molar-refractivity contribution >= 4 is 11.9 Å². The quantitative estimate of drug-likeness (QED) is 0.529. The number of carbonyl (C=O) groups is 2. The Balaban J connectivity index is 1.65. The Bertz CT molecular complexity index is 1280. The number of aliphatic carboxylic acids is 1. The summed E-state index contributed by atoms with van der Waals surface area (Å²) in [7, 11) is 0. The first kappa shape index (κ1) is 21.1. The number of hydrogen-bond donors (Lipinski definition) is 3. The van der Waals surface area contributed by atoms with Crippen LogP contribution >= 0.6 is 0 Å². The van der Waals surface area contributed by atoms with Crippen LogP contribution in [0.4, 0.5) is 0 Å². The molecule has 1 aliphatic carbocycles. The molecule has 1 unspecified atom stereocenters. The van der Waals surface area contributed by atoms with Gasteiger partial charge in [0.2, 0.25) is 0 Å². The number of nitrogens with zero attached hydrogens (tertiary/aromatic N) is 1. The van der Waals surface area contributed by atoms with Crippen LogP contribution in [-0.4, -0.2) is 31.9 Å². The van der Waals surface area contributed by atoms with Crippen LogP contribution in [0.5, 0.6) is 0 Å². The van der Waals surface area contributed by atoms with Gasteiger partial charge in [0, 0.05) is 24.1 Å². The number of carboxylic acid groups (broad SMARTS) is 2. The van der Waals surface area contributed by atoms with Crippen molar-refractivity contribution in [1.29, 1.82) is 0 Å². The van der Waals surface area contributed by atoms with Crippen LogP contribution in [0.15, 0.2) is 77.6 Å². The normalized spacial score (nSPS) is 15.1. The smallest absolute Gasteiger partial charge is 0.335 e. The summed E-state index contributed by atoms with van der Waals surface area (Å²) in [6, 6.07) is 13.3. The number of allylic oxidation sites excluding steroid dienone is 4. The second-order valence-electron chi connectivity index (χ2n) is 7.74. The highest BCUT2D eigenvalue weighted by Crippen LogP contribution is 2.27. The van der Waals surface area contributed by atoms with Gasteiger partial charge in [0.25, 0.3) is 5.56 Å². The molecule has 2 aromatic carbocycles. The van der Waals surface area contributed by atoms with Crippen molar-refractivity contribution in [3.05, 3.63) is 111 Å². The molecule has 3 aromatic rings. The first-order chi connectivity index (χ1) is 15.4. The highest BCUT2D eigenvalue weighted by atomic mass is 16.4. The van der Waals surface area contributed by atoms with Crippen LogP contribution in [0.2, 0.25) is 0 Å². The summed E-state index contributed by atoms with van der Waals surface area (Å²) in [4.78, 5) is 34.9. The van der Waals surface area contributed by atoms with Crippen LogP contribution in [0.1, 0.15) is 45.1 Å². The van der Waals surface area contributed by atoms with Gasteiger partial charge in [-0.2, -0.15) is 0 Å². The predicted octanol–water partition coefficient (Wildman–Crippen LogP) is 3.68. The lowest BCUT2D eigenvalue weighted by atomic mass is 9.88. The van der Waals surface area contributed by atoms with Gasteiger partial charge < -0.3 is 10.2 Å². The van der Waals surface area contributed by atoms with E-state index in [1.165, 1.54) is 22.9 Å². The van der Waals surface area contributed by atoms with Gasteiger partial charge in [0.05, 0.1) is 17.7 Å². The van der Waals surface area contributed by atoms with Gasteiger partial charge in [0.15, 0.2) is 0 Å². The van der Waals surface area contributed by atoms with Gasteiger partial charge in [-0.1, -0.05) is 42.5 Å². The second-order valence-corrected chi connectivity index (χ2v) is 7.74. The van der Waals surface area contributed by atoms with E-state index in [1.54, 1.807) is 12.1 Å². The molecule has 0 radical (unpaired) electrons. The van der Waals surface area contributed by atoms with E-state index in [2.05, 4.69) is 17.3 Å². The molecule has 0 fully saturated rings. The number of carboxylic acids is 2. The molecule has 0 amide bonds. The molecule has 7 nitrogen and oxygen atoms in total. The summed E-state index contributed by atoms with van der Waals surface area (Å²) in [5, 5.41) is 21.4. The van der Waals surface area contributed by atoms with E-state index in [4.69, 9.17) is 5.11 Å². The van der Waals surface area contributed by atoms with Crippen molar-refractivity contribution < 1.29 is 19.8 Å². The number of aromatic nitrogens is 2. The standard InChI is InChI=1S/C25H22N2O5/c28-23-15-21(26-27(23)22-10-8-17(9-11-22)25(31)32)13-20-12-18(16-4-2-1-3-5-16)6-7-19(20)14-24(29)30/h1-4,6-12,15-16,26H,5,13-14H2,(H,29,30)(H,31,32). The van der Waals surface area contributed by atoms with Gasteiger partial charge in [0.1, 0.15) is 0 Å². The number of aromatic carboxylic acids is 1. The molecule has 162 valence electrons. The zero-order chi connectivity index (χ0) is 22.7. The van der Waals surface area contributed by atoms with Crippen LogP contribution < -0.4 is 5.56 Å². The Labute approximate surface area is 183 Å². The average Bonchev–Trinajstić information content (AvgIpc) is 3.15. The molecule has 7 heteroatoms. The molecule has 1 atom stereocenters. The van der Waals surface area contributed by atoms with Crippen molar-refractivity contribution in [2.45, 2.75) is 25.2 Å². The van der Waals surface area contributed by atoms with E-state index >= 15 is 0 Å². The Hall–Kier alpha value is -4.13. The van der Waals surface area contributed by atoms with Gasteiger partial charge in [-0.05, 0) is 47.4 Å². The van der Waals surface area contributed by atoms with Gasteiger partial charge in [-0.3, -0.25) is 14.7 Å². The fourth-order valence-corrected chi connectivity index (χ4v) is 3.89. The average molecular weight is 430 g/mol. The minimum Gasteiger partial charge on any atom is -0.481 e. The van der Waals surface area contributed by atoms with Gasteiger partial charge in [-0.25, -0.2) is 9.48 Å². The van der Waals surface area contributed by atoms with Crippen molar-refractivity contribution in [3.8, 4) is 5.69 Å². The molecule has 1 aliphatic rings. The van der Waals surface area contributed by atoms with Crippen LogP contribution in [0.3, 0.4) is 0 Å². The summed E-state index contributed by atoms with van der Waals surface area (Å²) >= 11 is 0. The predicted molar refractivity (Wildman–Crippen MR) is 120 cm³/mol. The molecule has 1 heterocycles. The van der Waals surface area contributed by atoms with E-state index in [-0.39, 0.29) is 23.5 Å². The summed E-state index contributed by atoms with van der Waals surface area (Å²) in [5.41, 5.74) is 3.67. The van der Waals surface area contributed by atoms with Crippen molar-refractivity contribution in [3.63, 3.8) is 0 Å². The lowest BCUT2D eigenvalue weighted by molar-refractivity contribution is -0.136. The highest BCUT2D eigenvalue weighted by Gasteiger charge is 2.15. The molecule has 0 saturated carbocycles. The Morgan fingerprint density at radius 2 is 1.78 bits per heavy atom. The fraction of sp³-hybridized carbons (Fsp3) is 0.160. The van der Waals surface area contributed by atoms with E-state index in [0.29, 0.717) is 23.4 Å². The number of nitrogens with one attached hydrogen (secondary N) is 1. The lowest BCUT2D eigenvalue weighted by Crippen LogP contribution is -2.13. The van der Waals surface area contributed by atoms with E-state index in [0.717, 1.165) is 17.5 Å². The maximum Gasteiger partial charge on any atom is 0.335 e. The third-order valence-electron chi connectivity index (χ3n) is 5.51. The third kappa shape index (κ3) is 4.62. The van der Waals surface area contributed by atoms with Gasteiger partial charge in [-0.15, -0.1) is 0 Å². The first-order valence-electron chi connectivity index (χ1n) is 10.2. The summed E-state index contributed by atoms with van der Waals surface area (Å²) < 4.78 is 1.34. The van der Waals surface area contributed by atoms with Crippen LogP contribution in [0, 0.1) is 0 Å². The topological polar surface area (TPSA) is 112 Å². The number of rotatable bonds is 7. The number of benzene rings is 2. The molecule has 0 aliphatic heterocycles. The summed E-state index contributed by atoms with van der Waals surface area (Å²) in [5.74, 6) is -1.72. The van der Waals surface area contributed by atoms with E-state index in [1.807, 2.05) is 30.4 Å². The monoisotopic (exact) mass is 430 g/mol. The maximum absolute atomic E-state index is 12.5. The van der Waals surface area contributed by atoms with Crippen LogP contribution in [-0.2, 0) is 17.6 Å². The molecule has 0 saturated heterocycles. The number of H-pyrrole nitrogens is 1. The molecular formula is C25H22N2O5. The molecule has 0 spiro atoms. The van der Waals surface area contributed by atoms with Gasteiger partial charge >= 0.3 is 11.9 Å². The molecule has 3 N–H and O–H groups in total. The maximum atomic E-state index is 12.5. The van der Waals surface area contributed by atoms with Crippen molar-refractivity contribution in [2.75, 3.05) is 0 Å². The Morgan fingerprint density at radius 1 is 1.00 bits per heavy atom. The zero-order valence-electron chi connectivity index (χ0n) is 17.2. The fourth-order valence-electron chi connectivity index (χ4n) is 3.89. The Kier molecular flexibility index (Phi) is 5.89. The molecule has 4 rings (SSSR count). The first-order valence-corrected chi connectivity index (χ1v) is 10.2. The minimum absolute atomic E-state index is 0.0996. The lowest BCUT2D eigenvalue weighted by Gasteiger charge is -2.16. The minimum atomic E-state index is -1.04. The molecule has 32 heavy (non-hydrogen) atoms. The molecular weight excluding hydrogens is 408 g/mol. The zero-order valence-corrected chi connectivity index (χ0v) is 17.2. The highest BCUT2D eigenvalue weighted by molar-refractivity contribution is 5.87. The van der Waals surface area contributed by atoms with E-state index < -0.39 is 11.9 Å². The number of hydrogen-bond acceptors (Lipinski definition) is 3. The molecule has 1 aromatic heterocycles. The van der Waals surface area contributed by atoms with Crippen molar-refractivity contribution in [2.24, 2.45) is 0 Å². The van der Waals surface area contributed by atoms with Crippen molar-refractivity contribution in [1.82, 2.24) is 9.78 Å². The SMILES string of the molecule is O=C(O)Cc1ccc(C2C=CC=CC2)cc1Cc1cc(=O)n(-c2ccc(C(=O)O)cc2)[nH]1. The third-order valence-corrected chi connectivity index (χ3v) is 5.51. The largest absolute Gasteiger partial charge is 0.481 e. The molecule has 0 bridgehead atoms. The summed E-state index contributed by atoms with van der Waals surface area (Å²) in [6.45, 7) is 0. The second kappa shape index (κ2) is 8.93. The number of aromatic amines is 1. The van der Waals surface area contributed by atoms with Crippen LogP contribution in [0.25, 0.3) is 5.69 Å². The Morgan fingerprint density at radius 3 is 2.44 bits per heavy atom. The van der Waals surface area contributed by atoms with E-state index in [9.17, 15) is 19.5 Å². The summed E-state index contributed by atoms with van der Waals surface area (Å²) in [6.07, 6.45) is 9.39.